The standard InChI is InChI=1S/C53H55N3O16/c1-63-48-11-6-4-9-44(48)35-65-24-7-25-66-46-22-20-42(21-23-46)51-45(36-70-53(58)69-31-38-14-18-40(19-15-38)34-72-56(61)62)28-54(52(57)68-30-37-12-16-39(17-13-37)33-71-55(59)60)29-50(51)67-32-41-26-43-8-3-5-10-47(43)49(27-41)64-2/h3-6,8-23,26-27,45,50-51H,7,24-25,28-36H2,1-2H3. The molecule has 1 fully saturated rings. The Morgan fingerprint density at radius 3 is 1.88 bits per heavy atom. The number of hydrogen-bond donors (Lipinski definition) is 0. The van der Waals surface area contributed by atoms with E-state index in [1.54, 1.807) is 62.8 Å². The molecule has 6 aromatic carbocycles. The van der Waals surface area contributed by atoms with Gasteiger partial charge in [-0.05, 0) is 69.1 Å². The van der Waals surface area contributed by atoms with Gasteiger partial charge in [0.25, 0.3) is 10.2 Å². The van der Waals surface area contributed by atoms with Gasteiger partial charge in [-0.1, -0.05) is 103 Å². The van der Waals surface area contributed by atoms with E-state index >= 15 is 0 Å². The number of hydrogen-bond acceptors (Lipinski definition) is 16. The SMILES string of the molecule is COc1ccccc1COCCCOc1ccc(C2C(COC(=O)OCc3ccc(CO[N+](=O)[O-])cc3)CN(C(=O)OCc3ccc(CO[N+](=O)[O-])cc3)CC2OCc2cc(OC)c3ccccc3c2)cc1. The summed E-state index contributed by atoms with van der Waals surface area (Å²) in [5.41, 5.74) is 5.02. The van der Waals surface area contributed by atoms with Gasteiger partial charge in [0.05, 0.1) is 53.3 Å². The third kappa shape index (κ3) is 15.2. The molecule has 72 heavy (non-hydrogen) atoms. The summed E-state index contributed by atoms with van der Waals surface area (Å²) in [5, 5.41) is 21.4. The summed E-state index contributed by atoms with van der Waals surface area (Å²) < 4.78 is 47.0. The monoisotopic (exact) mass is 989 g/mol. The first-order chi connectivity index (χ1) is 35.0. The fourth-order valence-electron chi connectivity index (χ4n) is 8.30. The van der Waals surface area contributed by atoms with Crippen molar-refractivity contribution in [2.75, 3.05) is 47.1 Å². The second kappa shape index (κ2) is 26.2. The van der Waals surface area contributed by atoms with Crippen molar-refractivity contribution in [3.05, 3.63) is 193 Å². The number of para-hydroxylation sites is 1. The Hall–Kier alpha value is -8.16. The summed E-state index contributed by atoms with van der Waals surface area (Å²) >= 11 is 0. The van der Waals surface area contributed by atoms with E-state index in [0.29, 0.717) is 60.0 Å². The largest absolute Gasteiger partial charge is 0.508 e. The molecule has 0 saturated carbocycles. The molecule has 0 bridgehead atoms. The number of amides is 1. The molecule has 19 nitrogen and oxygen atoms in total. The van der Waals surface area contributed by atoms with Crippen molar-refractivity contribution in [2.45, 2.75) is 58.1 Å². The van der Waals surface area contributed by atoms with Crippen LogP contribution in [0.4, 0.5) is 9.59 Å². The zero-order valence-corrected chi connectivity index (χ0v) is 39.8. The minimum absolute atomic E-state index is 0.0931. The van der Waals surface area contributed by atoms with Crippen LogP contribution in [0.1, 0.15) is 51.3 Å². The van der Waals surface area contributed by atoms with Gasteiger partial charge in [0.1, 0.15) is 50.3 Å². The number of fused-ring (bicyclic) bond motifs is 1. The molecule has 19 heteroatoms. The number of ether oxygens (including phenoxy) is 8. The predicted molar refractivity (Wildman–Crippen MR) is 259 cm³/mol. The van der Waals surface area contributed by atoms with Gasteiger partial charge < -0.3 is 52.5 Å². The smallest absolute Gasteiger partial charge is 0.496 e. The van der Waals surface area contributed by atoms with Crippen LogP contribution in [-0.4, -0.2) is 80.6 Å². The lowest BCUT2D eigenvalue weighted by Crippen LogP contribution is -2.52. The van der Waals surface area contributed by atoms with Crippen molar-refractivity contribution in [1.82, 2.24) is 4.90 Å². The van der Waals surface area contributed by atoms with Gasteiger partial charge in [-0.2, -0.15) is 0 Å². The third-order valence-corrected chi connectivity index (χ3v) is 11.9. The summed E-state index contributed by atoms with van der Waals surface area (Å²) in [4.78, 5) is 58.9. The predicted octanol–water partition coefficient (Wildman–Crippen LogP) is 9.55. The van der Waals surface area contributed by atoms with E-state index in [-0.39, 0.29) is 52.7 Å². The molecule has 1 aliphatic rings. The maximum Gasteiger partial charge on any atom is 0.508 e. The lowest BCUT2D eigenvalue weighted by Gasteiger charge is -2.43. The zero-order chi connectivity index (χ0) is 50.7. The van der Waals surface area contributed by atoms with Crippen LogP contribution < -0.4 is 14.2 Å². The summed E-state index contributed by atoms with van der Waals surface area (Å²) in [7, 11) is 3.24. The molecule has 0 radical (unpaired) electrons. The number of piperidine rings is 1. The van der Waals surface area contributed by atoms with Crippen LogP contribution in [0.25, 0.3) is 10.8 Å². The highest BCUT2D eigenvalue weighted by molar-refractivity contribution is 5.89. The first-order valence-corrected chi connectivity index (χ1v) is 23.1. The normalized spacial score (nSPS) is 15.2. The molecule has 3 unspecified atom stereocenters. The van der Waals surface area contributed by atoms with Crippen molar-refractivity contribution in [3.63, 3.8) is 0 Å². The number of methoxy groups -OCH3 is 2. The van der Waals surface area contributed by atoms with Crippen molar-refractivity contribution in [1.29, 1.82) is 0 Å². The summed E-state index contributed by atoms with van der Waals surface area (Å²) in [6.45, 7) is 0.815. The molecular formula is C53H55N3O16. The quantitative estimate of drug-likeness (QED) is 0.0226. The van der Waals surface area contributed by atoms with Crippen LogP contribution in [0.2, 0.25) is 0 Å². The molecule has 6 aromatic rings. The lowest BCUT2D eigenvalue weighted by atomic mass is 9.78. The summed E-state index contributed by atoms with van der Waals surface area (Å²) in [5.74, 6) is 1.12. The maximum atomic E-state index is 14.0. The Balaban J connectivity index is 1.08. The van der Waals surface area contributed by atoms with E-state index in [1.165, 1.54) is 4.90 Å². The van der Waals surface area contributed by atoms with E-state index in [9.17, 15) is 29.8 Å². The molecule has 1 aliphatic heterocycles. The number of carbonyl (C=O) groups is 2. The summed E-state index contributed by atoms with van der Waals surface area (Å²) in [6.07, 6.45) is -1.59. The van der Waals surface area contributed by atoms with Crippen LogP contribution in [0.5, 0.6) is 17.2 Å². The van der Waals surface area contributed by atoms with Gasteiger partial charge in [-0.15, -0.1) is 20.2 Å². The van der Waals surface area contributed by atoms with E-state index in [4.69, 9.17) is 37.9 Å². The van der Waals surface area contributed by atoms with E-state index in [2.05, 4.69) is 9.68 Å². The Kier molecular flexibility index (Phi) is 18.8. The number of nitrogens with zero attached hydrogens (tertiary/aromatic N) is 3. The van der Waals surface area contributed by atoms with E-state index < -0.39 is 40.4 Å². The second-order valence-electron chi connectivity index (χ2n) is 16.7. The number of carbonyl (C=O) groups excluding carboxylic acids is 2. The van der Waals surface area contributed by atoms with Crippen molar-refractivity contribution < 1.29 is 67.3 Å². The fourth-order valence-corrected chi connectivity index (χ4v) is 8.30. The minimum Gasteiger partial charge on any atom is -0.496 e. The van der Waals surface area contributed by atoms with Gasteiger partial charge in [-0.25, -0.2) is 9.59 Å². The van der Waals surface area contributed by atoms with E-state index in [1.807, 2.05) is 84.9 Å². The van der Waals surface area contributed by atoms with Crippen LogP contribution in [0.3, 0.4) is 0 Å². The van der Waals surface area contributed by atoms with Crippen LogP contribution in [-0.2, 0) is 73.0 Å². The topological polar surface area (TPSA) is 216 Å². The van der Waals surface area contributed by atoms with Crippen molar-refractivity contribution in [2.24, 2.45) is 5.92 Å². The van der Waals surface area contributed by atoms with Gasteiger partial charge in [0, 0.05) is 35.8 Å². The molecule has 1 amide bonds. The minimum atomic E-state index is -0.947. The number of likely N-dealkylation sites (tertiary alicyclic amines) is 1. The summed E-state index contributed by atoms with van der Waals surface area (Å²) in [6, 6.07) is 40.3. The highest BCUT2D eigenvalue weighted by Gasteiger charge is 2.42. The first kappa shape index (κ1) is 51.7. The van der Waals surface area contributed by atoms with Gasteiger partial charge in [0.2, 0.25) is 0 Å². The molecule has 1 saturated heterocycles. The maximum absolute atomic E-state index is 14.0. The number of benzene rings is 6. The first-order valence-electron chi connectivity index (χ1n) is 23.1. The highest BCUT2D eigenvalue weighted by Crippen LogP contribution is 2.38. The van der Waals surface area contributed by atoms with Crippen molar-refractivity contribution in [3.8, 4) is 17.2 Å². The van der Waals surface area contributed by atoms with Crippen LogP contribution >= 0.6 is 0 Å². The van der Waals surface area contributed by atoms with E-state index in [0.717, 1.165) is 33.2 Å². The Bertz CT molecular complexity index is 2720. The van der Waals surface area contributed by atoms with Gasteiger partial charge in [-0.3, -0.25) is 0 Å². The Morgan fingerprint density at radius 2 is 1.22 bits per heavy atom. The zero-order valence-electron chi connectivity index (χ0n) is 39.8. The Morgan fingerprint density at radius 1 is 0.611 bits per heavy atom. The molecule has 0 spiro atoms. The molecule has 0 aliphatic carbocycles. The van der Waals surface area contributed by atoms with Crippen molar-refractivity contribution >= 4 is 23.0 Å². The van der Waals surface area contributed by atoms with Gasteiger partial charge >= 0.3 is 12.2 Å². The molecular weight excluding hydrogens is 935 g/mol. The second-order valence-corrected chi connectivity index (χ2v) is 16.7. The number of rotatable bonds is 25. The van der Waals surface area contributed by atoms with Gasteiger partial charge in [0.15, 0.2) is 0 Å². The molecule has 378 valence electrons. The molecule has 3 atom stereocenters. The average molecular weight is 990 g/mol. The van der Waals surface area contributed by atoms with Crippen LogP contribution in [0, 0.1) is 26.1 Å². The lowest BCUT2D eigenvalue weighted by molar-refractivity contribution is -0.763. The molecule has 0 aromatic heterocycles. The Labute approximate surface area is 415 Å². The molecule has 0 N–H and O–H groups in total. The van der Waals surface area contributed by atoms with Crippen LogP contribution in [0.15, 0.2) is 133 Å². The molecule has 7 rings (SSSR count). The molecule has 1 heterocycles. The third-order valence-electron chi connectivity index (χ3n) is 11.9. The fraction of sp³-hybridized carbons (Fsp3) is 0.321. The highest BCUT2D eigenvalue weighted by atomic mass is 17.0. The average Bonchev–Trinajstić information content (AvgIpc) is 3.40.